The van der Waals surface area contributed by atoms with E-state index in [0.717, 1.165) is 20.8 Å². The molecule has 144 valence electrons. The van der Waals surface area contributed by atoms with E-state index in [1.807, 2.05) is 0 Å². The summed E-state index contributed by atoms with van der Waals surface area (Å²) in [4.78, 5) is 44.9. The van der Waals surface area contributed by atoms with Gasteiger partial charge >= 0.3 is 23.9 Å². The van der Waals surface area contributed by atoms with Crippen LogP contribution in [0, 0.1) is 0 Å². The number of halogens is 1. The molecule has 0 aliphatic carbocycles. The molecule has 0 aromatic carbocycles. The van der Waals surface area contributed by atoms with Crippen LogP contribution in [0.1, 0.15) is 27.7 Å². The molecule has 0 aromatic rings. The lowest BCUT2D eigenvalue weighted by Crippen LogP contribution is -2.65. The van der Waals surface area contributed by atoms with Gasteiger partial charge in [-0.1, -0.05) is 0 Å². The molecule has 11 heteroatoms. The van der Waals surface area contributed by atoms with Gasteiger partial charge in [0.1, 0.15) is 18.8 Å². The summed E-state index contributed by atoms with van der Waals surface area (Å²) >= 11 is 0. The van der Waals surface area contributed by atoms with Gasteiger partial charge in [-0.05, 0) is 0 Å². The maximum Gasteiger partial charge on any atom is 0.304 e. The van der Waals surface area contributed by atoms with Crippen molar-refractivity contribution in [1.29, 1.82) is 0 Å². The van der Waals surface area contributed by atoms with Crippen LogP contribution in [0.2, 0.25) is 0 Å². The van der Waals surface area contributed by atoms with E-state index >= 15 is 0 Å². The molecule has 5 atom stereocenters. The number of hydrogen-bond acceptors (Lipinski definition) is 10. The Morgan fingerprint density at radius 1 is 0.840 bits per heavy atom. The van der Waals surface area contributed by atoms with E-state index in [9.17, 15) is 19.2 Å². The van der Waals surface area contributed by atoms with E-state index in [4.69, 9.17) is 29.4 Å². The summed E-state index contributed by atoms with van der Waals surface area (Å²) in [6, 6.07) is -1.10. The van der Waals surface area contributed by atoms with Crippen LogP contribution in [0.3, 0.4) is 0 Å². The first-order valence-corrected chi connectivity index (χ1v) is 7.18. The van der Waals surface area contributed by atoms with Crippen LogP contribution in [0.15, 0.2) is 0 Å². The Kier molecular flexibility index (Phi) is 9.39. The van der Waals surface area contributed by atoms with Crippen LogP contribution >= 0.6 is 12.4 Å². The minimum Gasteiger partial charge on any atom is -0.463 e. The Hall–Kier alpha value is -1.91. The first kappa shape index (κ1) is 23.1. The molecular formula is C14H22ClNO9. The Labute approximate surface area is 150 Å². The average molecular weight is 384 g/mol. The average Bonchev–Trinajstić information content (AvgIpc) is 2.42. The van der Waals surface area contributed by atoms with Gasteiger partial charge in [0.05, 0.1) is 0 Å². The SMILES string of the molecule is CC(=O)OC[C@H]1O[C@@H](OC(C)=O)[C@H](N)[C@@H](OC(C)=O)[C@@H]1OC(C)=O.Cl. The van der Waals surface area contributed by atoms with E-state index in [2.05, 4.69) is 0 Å². The van der Waals surface area contributed by atoms with Crippen molar-refractivity contribution in [3.05, 3.63) is 0 Å². The van der Waals surface area contributed by atoms with Crippen molar-refractivity contribution < 1.29 is 42.9 Å². The molecule has 1 aliphatic heterocycles. The number of hydrogen-bond donors (Lipinski definition) is 1. The summed E-state index contributed by atoms with van der Waals surface area (Å²) in [6.45, 7) is 4.32. The normalized spacial score (nSPS) is 28.1. The molecule has 0 amide bonds. The fraction of sp³-hybridized carbons (Fsp3) is 0.714. The molecule has 10 nitrogen and oxygen atoms in total. The highest BCUT2D eigenvalue weighted by atomic mass is 35.5. The third-order valence-electron chi connectivity index (χ3n) is 3.03. The summed E-state index contributed by atoms with van der Waals surface area (Å²) in [5.41, 5.74) is 5.93. The molecule has 25 heavy (non-hydrogen) atoms. The fourth-order valence-electron chi connectivity index (χ4n) is 2.20. The predicted octanol–water partition coefficient (Wildman–Crippen LogP) is -0.550. The van der Waals surface area contributed by atoms with Crippen LogP contribution in [0.25, 0.3) is 0 Å². The van der Waals surface area contributed by atoms with Gasteiger partial charge < -0.3 is 29.4 Å². The molecule has 0 radical (unpaired) electrons. The second-order valence-corrected chi connectivity index (χ2v) is 5.18. The van der Waals surface area contributed by atoms with Crippen molar-refractivity contribution >= 4 is 36.3 Å². The minimum absolute atomic E-state index is 0. The van der Waals surface area contributed by atoms with Gasteiger partial charge in [0, 0.05) is 27.7 Å². The fourth-order valence-corrected chi connectivity index (χ4v) is 2.20. The smallest absolute Gasteiger partial charge is 0.304 e. The third kappa shape index (κ3) is 7.24. The van der Waals surface area contributed by atoms with Gasteiger partial charge in [-0.25, -0.2) is 0 Å². The van der Waals surface area contributed by atoms with Crippen molar-refractivity contribution in [2.24, 2.45) is 5.73 Å². The second-order valence-electron chi connectivity index (χ2n) is 5.18. The number of carbonyl (C=O) groups excluding carboxylic acids is 4. The van der Waals surface area contributed by atoms with Crippen LogP contribution in [0.4, 0.5) is 0 Å². The highest BCUT2D eigenvalue weighted by Gasteiger charge is 2.50. The van der Waals surface area contributed by atoms with Gasteiger partial charge in [-0.2, -0.15) is 0 Å². The van der Waals surface area contributed by atoms with Gasteiger partial charge in [0.2, 0.25) is 6.29 Å². The van der Waals surface area contributed by atoms with Crippen molar-refractivity contribution in [2.75, 3.05) is 6.61 Å². The number of carbonyl (C=O) groups is 4. The summed E-state index contributed by atoms with van der Waals surface area (Å²) in [5, 5.41) is 0. The zero-order valence-electron chi connectivity index (χ0n) is 14.3. The van der Waals surface area contributed by atoms with Crippen LogP contribution in [0.5, 0.6) is 0 Å². The molecule has 0 bridgehead atoms. The third-order valence-corrected chi connectivity index (χ3v) is 3.03. The van der Waals surface area contributed by atoms with Crippen molar-refractivity contribution in [3.8, 4) is 0 Å². The van der Waals surface area contributed by atoms with Crippen LogP contribution in [-0.4, -0.2) is 61.1 Å². The minimum atomic E-state index is -1.26. The molecule has 1 saturated heterocycles. The quantitative estimate of drug-likeness (QED) is 0.485. The molecule has 1 heterocycles. The summed E-state index contributed by atoms with van der Waals surface area (Å²) < 4.78 is 25.5. The maximum atomic E-state index is 11.3. The van der Waals surface area contributed by atoms with Crippen molar-refractivity contribution in [1.82, 2.24) is 0 Å². The van der Waals surface area contributed by atoms with Crippen molar-refractivity contribution in [2.45, 2.75) is 58.3 Å². The number of rotatable bonds is 5. The Morgan fingerprint density at radius 3 is 1.76 bits per heavy atom. The zero-order valence-corrected chi connectivity index (χ0v) is 15.1. The summed E-state index contributed by atoms with van der Waals surface area (Å²) in [7, 11) is 0. The Morgan fingerprint density at radius 2 is 1.32 bits per heavy atom. The maximum absolute atomic E-state index is 11.3. The molecular weight excluding hydrogens is 362 g/mol. The molecule has 0 saturated carbocycles. The van der Waals surface area contributed by atoms with Crippen LogP contribution in [-0.2, 0) is 42.9 Å². The highest BCUT2D eigenvalue weighted by molar-refractivity contribution is 5.85. The molecule has 0 unspecified atom stereocenters. The summed E-state index contributed by atoms with van der Waals surface area (Å²) in [6.07, 6.45) is -4.58. The first-order valence-electron chi connectivity index (χ1n) is 7.18. The summed E-state index contributed by atoms with van der Waals surface area (Å²) in [5.74, 6) is -2.62. The molecule has 1 fully saturated rings. The molecule has 1 rings (SSSR count). The van der Waals surface area contributed by atoms with E-state index in [-0.39, 0.29) is 19.0 Å². The van der Waals surface area contributed by atoms with Gasteiger partial charge in [0.25, 0.3) is 0 Å². The van der Waals surface area contributed by atoms with Crippen molar-refractivity contribution in [3.63, 3.8) is 0 Å². The monoisotopic (exact) mass is 383 g/mol. The first-order chi connectivity index (χ1) is 11.1. The second kappa shape index (κ2) is 10.2. The Bertz CT molecular complexity index is 497. The molecule has 0 aromatic heterocycles. The lowest BCUT2D eigenvalue weighted by molar-refractivity contribution is -0.267. The van der Waals surface area contributed by atoms with Crippen LogP contribution < -0.4 is 5.73 Å². The van der Waals surface area contributed by atoms with Gasteiger partial charge in [0.15, 0.2) is 12.2 Å². The molecule has 1 aliphatic rings. The number of esters is 4. The lowest BCUT2D eigenvalue weighted by Gasteiger charge is -2.42. The van der Waals surface area contributed by atoms with Gasteiger partial charge in [-0.15, -0.1) is 12.4 Å². The molecule has 0 spiro atoms. The highest BCUT2D eigenvalue weighted by Crippen LogP contribution is 2.26. The standard InChI is InChI=1S/C14H21NO9.ClH/c1-6(16)20-5-10-12(21-7(2)17)13(22-8(3)18)11(15)14(24-10)23-9(4)19;/h10-14H,5,15H2,1-4H3;1H/t10-,11-,12-,13-,14-;/m1./s1. The number of ether oxygens (including phenoxy) is 5. The zero-order chi connectivity index (χ0) is 18.4. The predicted molar refractivity (Wildman–Crippen MR) is 83.4 cm³/mol. The topological polar surface area (TPSA) is 140 Å². The molecule has 2 N–H and O–H groups in total. The van der Waals surface area contributed by atoms with E-state index in [1.165, 1.54) is 6.92 Å². The number of nitrogens with two attached hydrogens (primary N) is 1. The van der Waals surface area contributed by atoms with E-state index in [1.54, 1.807) is 0 Å². The van der Waals surface area contributed by atoms with Gasteiger partial charge in [-0.3, -0.25) is 19.2 Å². The van der Waals surface area contributed by atoms with E-state index in [0.29, 0.717) is 0 Å². The lowest BCUT2D eigenvalue weighted by atomic mass is 9.97. The Balaban J connectivity index is 0.00000576. The van der Waals surface area contributed by atoms with E-state index < -0.39 is 54.5 Å². The largest absolute Gasteiger partial charge is 0.463 e.